The maximum Gasteiger partial charge on any atom is 0.226 e. The molecular formula is C17H22Cl3N3OS. The molecule has 1 amide bonds. The van der Waals surface area contributed by atoms with E-state index in [-0.39, 0.29) is 36.8 Å². The highest BCUT2D eigenvalue weighted by Crippen LogP contribution is 2.30. The fourth-order valence-corrected chi connectivity index (χ4v) is 3.94. The van der Waals surface area contributed by atoms with Crippen LogP contribution in [0.2, 0.25) is 5.02 Å². The summed E-state index contributed by atoms with van der Waals surface area (Å²) in [5.74, 6) is 0.501. The Morgan fingerprint density at radius 3 is 2.88 bits per heavy atom. The van der Waals surface area contributed by atoms with Crippen molar-refractivity contribution in [3.05, 3.63) is 40.4 Å². The first kappa shape index (κ1) is 22.2. The van der Waals surface area contributed by atoms with Crippen LogP contribution in [0.25, 0.3) is 10.6 Å². The number of piperidine rings is 1. The molecule has 2 atom stereocenters. The molecule has 1 aromatic carbocycles. The molecule has 138 valence electrons. The third-order valence-corrected chi connectivity index (χ3v) is 5.38. The minimum atomic E-state index is 0. The normalized spacial score (nSPS) is 19.4. The number of carbonyl (C=O) groups is 1. The van der Waals surface area contributed by atoms with Crippen molar-refractivity contribution < 1.29 is 4.79 Å². The third kappa shape index (κ3) is 5.83. The van der Waals surface area contributed by atoms with Gasteiger partial charge in [0.05, 0.1) is 17.1 Å². The largest absolute Gasteiger partial charge is 0.353 e. The Morgan fingerprint density at radius 2 is 2.16 bits per heavy atom. The van der Waals surface area contributed by atoms with Crippen LogP contribution in [0, 0.1) is 5.92 Å². The fourth-order valence-electron chi connectivity index (χ4n) is 2.80. The lowest BCUT2D eigenvalue weighted by atomic mass is 9.95. The molecule has 2 heterocycles. The van der Waals surface area contributed by atoms with Gasteiger partial charge in [-0.15, -0.1) is 36.2 Å². The number of nitrogens with one attached hydrogen (secondary N) is 2. The molecule has 0 bridgehead atoms. The van der Waals surface area contributed by atoms with E-state index < -0.39 is 0 Å². The van der Waals surface area contributed by atoms with Crippen LogP contribution < -0.4 is 10.6 Å². The summed E-state index contributed by atoms with van der Waals surface area (Å²) in [4.78, 5) is 16.8. The van der Waals surface area contributed by atoms with E-state index >= 15 is 0 Å². The Morgan fingerprint density at radius 1 is 1.40 bits per heavy atom. The molecule has 4 nitrogen and oxygen atoms in total. The van der Waals surface area contributed by atoms with E-state index in [4.69, 9.17) is 11.6 Å². The molecule has 1 fully saturated rings. The number of thiazole rings is 1. The van der Waals surface area contributed by atoms with Gasteiger partial charge in [-0.2, -0.15) is 0 Å². The zero-order valence-electron chi connectivity index (χ0n) is 13.8. The minimum absolute atomic E-state index is 0. The maximum atomic E-state index is 12.2. The van der Waals surface area contributed by atoms with Crippen LogP contribution in [-0.2, 0) is 11.2 Å². The van der Waals surface area contributed by atoms with Crippen LogP contribution >= 0.6 is 47.8 Å². The number of amides is 1. The second-order valence-electron chi connectivity index (χ2n) is 5.94. The SMILES string of the molecule is CC1CNCCC1NC(=O)Cc1csc(-c2ccccc2Cl)n1.Cl.Cl. The highest BCUT2D eigenvalue weighted by atomic mass is 35.5. The maximum absolute atomic E-state index is 12.2. The first-order valence-electron chi connectivity index (χ1n) is 7.83. The zero-order valence-corrected chi connectivity index (χ0v) is 17.0. The standard InChI is InChI=1S/C17H20ClN3OS.2ClH/c1-11-9-19-7-6-15(11)21-16(22)8-12-10-23-17(20-12)13-4-2-3-5-14(13)18;;/h2-5,10-11,15,19H,6-9H2,1H3,(H,21,22);2*1H. The van der Waals surface area contributed by atoms with Crippen LogP contribution in [0.4, 0.5) is 0 Å². The summed E-state index contributed by atoms with van der Waals surface area (Å²) < 4.78 is 0. The lowest BCUT2D eigenvalue weighted by Gasteiger charge is -2.30. The highest BCUT2D eigenvalue weighted by Gasteiger charge is 2.22. The van der Waals surface area contributed by atoms with E-state index in [9.17, 15) is 4.79 Å². The monoisotopic (exact) mass is 421 g/mol. The van der Waals surface area contributed by atoms with E-state index in [1.807, 2.05) is 29.6 Å². The van der Waals surface area contributed by atoms with Crippen LogP contribution in [0.15, 0.2) is 29.6 Å². The van der Waals surface area contributed by atoms with Crippen LogP contribution in [0.3, 0.4) is 0 Å². The molecule has 0 saturated carbocycles. The summed E-state index contributed by atoms with van der Waals surface area (Å²) in [6, 6.07) is 7.89. The average molecular weight is 423 g/mol. The number of hydrogen-bond acceptors (Lipinski definition) is 4. The summed E-state index contributed by atoms with van der Waals surface area (Å²) in [7, 11) is 0. The molecule has 2 aromatic rings. The molecule has 1 aliphatic heterocycles. The van der Waals surface area contributed by atoms with Crippen molar-refractivity contribution in [1.29, 1.82) is 0 Å². The van der Waals surface area contributed by atoms with Crippen molar-refractivity contribution in [2.75, 3.05) is 13.1 Å². The van der Waals surface area contributed by atoms with E-state index in [0.29, 0.717) is 17.4 Å². The number of carbonyl (C=O) groups excluding carboxylic acids is 1. The number of hydrogen-bond donors (Lipinski definition) is 2. The average Bonchev–Trinajstić information content (AvgIpc) is 2.98. The summed E-state index contributed by atoms with van der Waals surface area (Å²) in [6.45, 7) is 4.08. The van der Waals surface area contributed by atoms with Gasteiger partial charge in [-0.1, -0.05) is 36.7 Å². The first-order valence-corrected chi connectivity index (χ1v) is 9.08. The Balaban J connectivity index is 0.00000156. The second-order valence-corrected chi connectivity index (χ2v) is 7.21. The number of aromatic nitrogens is 1. The number of nitrogens with zero attached hydrogens (tertiary/aromatic N) is 1. The number of halogens is 3. The van der Waals surface area contributed by atoms with Gasteiger partial charge in [-0.25, -0.2) is 4.98 Å². The van der Waals surface area contributed by atoms with Gasteiger partial charge < -0.3 is 10.6 Å². The van der Waals surface area contributed by atoms with Gasteiger partial charge in [-0.05, 0) is 31.5 Å². The Bertz CT molecular complexity index is 695. The molecule has 0 radical (unpaired) electrons. The predicted molar refractivity (Wildman–Crippen MR) is 109 cm³/mol. The molecular weight excluding hydrogens is 401 g/mol. The van der Waals surface area contributed by atoms with Crippen LogP contribution in [-0.4, -0.2) is 30.0 Å². The van der Waals surface area contributed by atoms with E-state index in [2.05, 4.69) is 22.5 Å². The van der Waals surface area contributed by atoms with Crippen molar-refractivity contribution in [1.82, 2.24) is 15.6 Å². The molecule has 3 rings (SSSR count). The molecule has 0 spiro atoms. The van der Waals surface area contributed by atoms with Gasteiger partial charge in [0.1, 0.15) is 5.01 Å². The quantitative estimate of drug-likeness (QED) is 0.784. The Kier molecular flexibility index (Phi) is 9.17. The second kappa shape index (κ2) is 10.3. The highest BCUT2D eigenvalue weighted by molar-refractivity contribution is 7.13. The van der Waals surface area contributed by atoms with E-state index in [0.717, 1.165) is 35.8 Å². The molecule has 0 aliphatic carbocycles. The van der Waals surface area contributed by atoms with Crippen molar-refractivity contribution in [2.45, 2.75) is 25.8 Å². The van der Waals surface area contributed by atoms with E-state index in [1.165, 1.54) is 11.3 Å². The van der Waals surface area contributed by atoms with Gasteiger partial charge in [0.2, 0.25) is 5.91 Å². The summed E-state index contributed by atoms with van der Waals surface area (Å²) >= 11 is 7.72. The first-order chi connectivity index (χ1) is 11.1. The molecule has 1 aliphatic rings. The minimum Gasteiger partial charge on any atom is -0.353 e. The molecule has 8 heteroatoms. The molecule has 25 heavy (non-hydrogen) atoms. The lowest BCUT2D eigenvalue weighted by molar-refractivity contribution is -0.121. The molecule has 2 N–H and O–H groups in total. The summed E-state index contributed by atoms with van der Waals surface area (Å²) in [5.41, 5.74) is 1.71. The van der Waals surface area contributed by atoms with Gasteiger partial charge in [0.25, 0.3) is 0 Å². The van der Waals surface area contributed by atoms with Gasteiger partial charge in [-0.3, -0.25) is 4.79 Å². The number of rotatable bonds is 4. The van der Waals surface area contributed by atoms with E-state index in [1.54, 1.807) is 0 Å². The topological polar surface area (TPSA) is 54.0 Å². The van der Waals surface area contributed by atoms with Gasteiger partial charge >= 0.3 is 0 Å². The fraction of sp³-hybridized carbons (Fsp3) is 0.412. The zero-order chi connectivity index (χ0) is 16.2. The third-order valence-electron chi connectivity index (χ3n) is 4.13. The molecule has 2 unspecified atom stereocenters. The lowest BCUT2D eigenvalue weighted by Crippen LogP contribution is -2.48. The van der Waals surface area contributed by atoms with Crippen molar-refractivity contribution in [2.24, 2.45) is 5.92 Å². The van der Waals surface area contributed by atoms with Crippen molar-refractivity contribution in [3.63, 3.8) is 0 Å². The Hall–Kier alpha value is -0.850. The smallest absolute Gasteiger partial charge is 0.226 e. The molecule has 1 saturated heterocycles. The number of benzene rings is 1. The summed E-state index contributed by atoms with van der Waals surface area (Å²) in [6.07, 6.45) is 1.30. The van der Waals surface area contributed by atoms with Crippen molar-refractivity contribution >= 4 is 53.7 Å². The predicted octanol–water partition coefficient (Wildman–Crippen LogP) is 3.96. The molecule has 1 aromatic heterocycles. The van der Waals surface area contributed by atoms with Gasteiger partial charge in [0, 0.05) is 17.0 Å². The summed E-state index contributed by atoms with van der Waals surface area (Å²) in [5, 5.41) is 9.95. The van der Waals surface area contributed by atoms with Crippen LogP contribution in [0.5, 0.6) is 0 Å². The van der Waals surface area contributed by atoms with Crippen LogP contribution in [0.1, 0.15) is 19.0 Å². The Labute approximate surface area is 169 Å². The van der Waals surface area contributed by atoms with Crippen molar-refractivity contribution in [3.8, 4) is 10.6 Å². The van der Waals surface area contributed by atoms with Gasteiger partial charge in [0.15, 0.2) is 0 Å².